The SMILES string of the molecule is CC1(C)c2cc(C=O)ccc2-c2ccc(N(CCO)CCO)cc21. The van der Waals surface area contributed by atoms with Gasteiger partial charge in [0.25, 0.3) is 0 Å². The van der Waals surface area contributed by atoms with E-state index in [0.29, 0.717) is 18.7 Å². The molecule has 2 aromatic carbocycles. The summed E-state index contributed by atoms with van der Waals surface area (Å²) in [6.07, 6.45) is 0.884. The molecule has 0 spiro atoms. The lowest BCUT2D eigenvalue weighted by molar-refractivity contribution is 0.112. The van der Waals surface area contributed by atoms with E-state index >= 15 is 0 Å². The lowest BCUT2D eigenvalue weighted by Gasteiger charge is -2.26. The summed E-state index contributed by atoms with van der Waals surface area (Å²) in [6.45, 7) is 5.40. The van der Waals surface area contributed by atoms with Gasteiger partial charge in [-0.25, -0.2) is 0 Å². The Morgan fingerprint density at radius 3 is 2.12 bits per heavy atom. The van der Waals surface area contributed by atoms with Gasteiger partial charge in [0.15, 0.2) is 0 Å². The molecule has 0 fully saturated rings. The highest BCUT2D eigenvalue weighted by Gasteiger charge is 2.35. The Balaban J connectivity index is 2.09. The maximum Gasteiger partial charge on any atom is 0.150 e. The quantitative estimate of drug-likeness (QED) is 0.802. The van der Waals surface area contributed by atoms with Gasteiger partial charge in [-0.05, 0) is 40.5 Å². The van der Waals surface area contributed by atoms with Crippen molar-refractivity contribution in [2.24, 2.45) is 0 Å². The number of aldehydes is 1. The number of carbonyl (C=O) groups is 1. The summed E-state index contributed by atoms with van der Waals surface area (Å²) in [7, 11) is 0. The van der Waals surface area contributed by atoms with Gasteiger partial charge in [-0.3, -0.25) is 4.79 Å². The molecule has 0 unspecified atom stereocenters. The van der Waals surface area contributed by atoms with Gasteiger partial charge in [0.1, 0.15) is 6.29 Å². The van der Waals surface area contributed by atoms with Crippen molar-refractivity contribution in [2.45, 2.75) is 19.3 Å². The Morgan fingerprint density at radius 1 is 0.958 bits per heavy atom. The molecule has 0 saturated heterocycles. The Morgan fingerprint density at radius 2 is 1.54 bits per heavy atom. The average Bonchev–Trinajstić information content (AvgIpc) is 2.82. The Kier molecular flexibility index (Phi) is 4.43. The highest BCUT2D eigenvalue weighted by molar-refractivity contribution is 5.86. The minimum atomic E-state index is -0.191. The molecule has 24 heavy (non-hydrogen) atoms. The normalized spacial score (nSPS) is 14.2. The summed E-state index contributed by atoms with van der Waals surface area (Å²) in [5, 5.41) is 18.5. The van der Waals surface area contributed by atoms with Crippen LogP contribution in [0.3, 0.4) is 0 Å². The third kappa shape index (κ3) is 2.62. The maximum absolute atomic E-state index is 11.1. The van der Waals surface area contributed by atoms with Crippen molar-refractivity contribution in [2.75, 3.05) is 31.2 Å². The molecule has 0 atom stereocenters. The van der Waals surface area contributed by atoms with Crippen LogP contribution in [0.15, 0.2) is 36.4 Å². The standard InChI is InChI=1S/C20H23NO3/c1-20(2)18-11-14(13-24)3-5-16(18)17-6-4-15(12-19(17)20)21(7-9-22)8-10-23/h3-6,11-13,22-23H,7-10H2,1-2H3. The third-order valence-electron chi connectivity index (χ3n) is 4.92. The smallest absolute Gasteiger partial charge is 0.150 e. The molecule has 0 aromatic heterocycles. The molecule has 2 N–H and O–H groups in total. The number of fused-ring (bicyclic) bond motifs is 3. The second-order valence-corrected chi connectivity index (χ2v) is 6.71. The fourth-order valence-electron chi connectivity index (χ4n) is 3.62. The topological polar surface area (TPSA) is 60.8 Å². The molecule has 3 rings (SSSR count). The van der Waals surface area contributed by atoms with Crippen LogP contribution in [-0.2, 0) is 5.41 Å². The van der Waals surface area contributed by atoms with Crippen molar-refractivity contribution in [1.82, 2.24) is 0 Å². The molecule has 0 heterocycles. The first-order valence-electron chi connectivity index (χ1n) is 8.24. The minimum Gasteiger partial charge on any atom is -0.395 e. The molecule has 0 saturated carbocycles. The maximum atomic E-state index is 11.1. The van der Waals surface area contributed by atoms with Gasteiger partial charge in [-0.1, -0.05) is 32.0 Å². The molecule has 1 aliphatic rings. The summed E-state index contributed by atoms with van der Waals surface area (Å²) in [5.74, 6) is 0. The van der Waals surface area contributed by atoms with Crippen molar-refractivity contribution in [3.63, 3.8) is 0 Å². The van der Waals surface area contributed by atoms with Gasteiger partial charge >= 0.3 is 0 Å². The van der Waals surface area contributed by atoms with Gasteiger partial charge < -0.3 is 15.1 Å². The summed E-state index contributed by atoms with van der Waals surface area (Å²) >= 11 is 0. The fourth-order valence-corrected chi connectivity index (χ4v) is 3.62. The van der Waals surface area contributed by atoms with Crippen LogP contribution in [0.1, 0.15) is 35.3 Å². The summed E-state index contributed by atoms with van der Waals surface area (Å²) in [4.78, 5) is 13.1. The number of carbonyl (C=O) groups excluding carboxylic acids is 1. The molecule has 0 bridgehead atoms. The third-order valence-corrected chi connectivity index (χ3v) is 4.92. The van der Waals surface area contributed by atoms with Crippen LogP contribution in [0.4, 0.5) is 5.69 Å². The van der Waals surface area contributed by atoms with E-state index in [1.165, 1.54) is 16.7 Å². The van der Waals surface area contributed by atoms with E-state index < -0.39 is 0 Å². The first-order chi connectivity index (χ1) is 11.5. The average molecular weight is 325 g/mol. The predicted molar refractivity (Wildman–Crippen MR) is 95.8 cm³/mol. The molecule has 1 aliphatic carbocycles. The highest BCUT2D eigenvalue weighted by atomic mass is 16.3. The zero-order chi connectivity index (χ0) is 17.3. The van der Waals surface area contributed by atoms with Gasteiger partial charge in [0.05, 0.1) is 13.2 Å². The Hall–Kier alpha value is -2.17. The molecule has 0 aliphatic heterocycles. The van der Waals surface area contributed by atoms with Gasteiger partial charge in [-0.2, -0.15) is 0 Å². The number of hydrogen-bond acceptors (Lipinski definition) is 4. The number of nitrogens with zero attached hydrogens (tertiary/aromatic N) is 1. The van der Waals surface area contributed by atoms with Crippen LogP contribution in [-0.4, -0.2) is 42.8 Å². The summed E-state index contributed by atoms with van der Waals surface area (Å²) < 4.78 is 0. The minimum absolute atomic E-state index is 0.0450. The summed E-state index contributed by atoms with van der Waals surface area (Å²) in [6, 6.07) is 12.1. The van der Waals surface area contributed by atoms with Crippen LogP contribution in [0, 0.1) is 0 Å². The van der Waals surface area contributed by atoms with Crippen molar-refractivity contribution in [3.05, 3.63) is 53.1 Å². The number of anilines is 1. The van der Waals surface area contributed by atoms with Crippen molar-refractivity contribution in [3.8, 4) is 11.1 Å². The highest BCUT2D eigenvalue weighted by Crippen LogP contribution is 2.49. The molecule has 0 amide bonds. The first-order valence-corrected chi connectivity index (χ1v) is 8.24. The molecule has 4 nitrogen and oxygen atoms in total. The van der Waals surface area contributed by atoms with Crippen molar-refractivity contribution >= 4 is 12.0 Å². The molecule has 2 aromatic rings. The van der Waals surface area contributed by atoms with Crippen molar-refractivity contribution < 1.29 is 15.0 Å². The molecule has 4 heteroatoms. The van der Waals surface area contributed by atoms with Gasteiger partial charge in [-0.15, -0.1) is 0 Å². The van der Waals surface area contributed by atoms with E-state index in [9.17, 15) is 15.0 Å². The first kappa shape index (κ1) is 16.7. The van der Waals surface area contributed by atoms with Crippen LogP contribution in [0.5, 0.6) is 0 Å². The van der Waals surface area contributed by atoms with Crippen LogP contribution in [0.25, 0.3) is 11.1 Å². The summed E-state index contributed by atoms with van der Waals surface area (Å²) in [5.41, 5.74) is 6.22. The van der Waals surface area contributed by atoms with E-state index in [4.69, 9.17) is 0 Å². The molecular formula is C20H23NO3. The molecular weight excluding hydrogens is 302 g/mol. The van der Waals surface area contributed by atoms with Crippen molar-refractivity contribution in [1.29, 1.82) is 0 Å². The van der Waals surface area contributed by atoms with Crippen LogP contribution in [0.2, 0.25) is 0 Å². The van der Waals surface area contributed by atoms with E-state index in [0.717, 1.165) is 17.5 Å². The second-order valence-electron chi connectivity index (χ2n) is 6.71. The van der Waals surface area contributed by atoms with E-state index in [2.05, 4.69) is 26.0 Å². The zero-order valence-corrected chi connectivity index (χ0v) is 14.1. The number of aliphatic hydroxyl groups is 2. The van der Waals surface area contributed by atoms with E-state index in [1.54, 1.807) is 0 Å². The second kappa shape index (κ2) is 6.38. The van der Waals surface area contributed by atoms with Crippen LogP contribution < -0.4 is 4.90 Å². The lowest BCUT2D eigenvalue weighted by atomic mass is 9.82. The number of aliphatic hydroxyl groups excluding tert-OH is 2. The number of benzene rings is 2. The lowest BCUT2D eigenvalue weighted by Crippen LogP contribution is -2.30. The monoisotopic (exact) mass is 325 g/mol. The molecule has 0 radical (unpaired) electrons. The van der Waals surface area contributed by atoms with E-state index in [1.807, 2.05) is 29.2 Å². The zero-order valence-electron chi connectivity index (χ0n) is 14.1. The largest absolute Gasteiger partial charge is 0.395 e. The van der Waals surface area contributed by atoms with Gasteiger partial charge in [0.2, 0.25) is 0 Å². The predicted octanol–water partition coefficient (Wildman–Crippen LogP) is 2.60. The number of hydrogen-bond donors (Lipinski definition) is 2. The fraction of sp³-hybridized carbons (Fsp3) is 0.350. The van der Waals surface area contributed by atoms with E-state index in [-0.39, 0.29) is 18.6 Å². The van der Waals surface area contributed by atoms with Crippen LogP contribution >= 0.6 is 0 Å². The Bertz CT molecular complexity index is 761. The van der Waals surface area contributed by atoms with Gasteiger partial charge in [0, 0.05) is 29.8 Å². The molecule has 126 valence electrons. The Labute approximate surface area is 142 Å². The number of rotatable bonds is 6.